The first-order chi connectivity index (χ1) is 8.63. The third-order valence-electron chi connectivity index (χ3n) is 3.14. The Bertz CT molecular complexity index is 608. The zero-order chi connectivity index (χ0) is 12.7. The molecule has 1 aromatic heterocycles. The van der Waals surface area contributed by atoms with Crippen LogP contribution in [0.1, 0.15) is 33.3 Å². The van der Waals surface area contributed by atoms with E-state index in [-0.39, 0.29) is 11.7 Å². The second kappa shape index (κ2) is 4.76. The highest BCUT2D eigenvalue weighted by Gasteiger charge is 2.29. The third kappa shape index (κ3) is 2.25. The normalized spacial score (nSPS) is 18.8. The van der Waals surface area contributed by atoms with E-state index in [0.29, 0.717) is 6.42 Å². The molecule has 0 bridgehead atoms. The van der Waals surface area contributed by atoms with Crippen molar-refractivity contribution < 1.29 is 4.79 Å². The van der Waals surface area contributed by atoms with Crippen molar-refractivity contribution in [2.45, 2.75) is 18.8 Å². The van der Waals surface area contributed by atoms with E-state index in [1.54, 1.807) is 0 Å². The van der Waals surface area contributed by atoms with Gasteiger partial charge in [-0.25, -0.2) is 4.98 Å². The summed E-state index contributed by atoms with van der Waals surface area (Å²) in [5.74, 6) is 0.413. The Balaban J connectivity index is 1.94. The molecule has 1 aromatic carbocycles. The lowest BCUT2D eigenvalue weighted by atomic mass is 9.85. The molecule has 1 atom stereocenters. The highest BCUT2D eigenvalue weighted by molar-refractivity contribution is 9.11. The van der Waals surface area contributed by atoms with Gasteiger partial charge in [0.1, 0.15) is 0 Å². The summed E-state index contributed by atoms with van der Waals surface area (Å²) >= 11 is 10.7. The van der Waals surface area contributed by atoms with Gasteiger partial charge in [0.15, 0.2) is 9.70 Å². The molecule has 0 amide bonds. The molecule has 92 valence electrons. The molecule has 2 nitrogen and oxygen atoms in total. The monoisotopic (exact) mass is 341 g/mol. The van der Waals surface area contributed by atoms with Crippen molar-refractivity contribution in [3.8, 4) is 0 Å². The third-order valence-corrected chi connectivity index (χ3v) is 4.98. The number of halogens is 2. The van der Waals surface area contributed by atoms with Gasteiger partial charge in [-0.2, -0.15) is 0 Å². The standard InChI is InChI=1S/C13H9BrClNOS/c14-13-16-10-5-8(6-11(17)12(10)18-13)7-1-3-9(15)4-2-7/h1-4,8H,5-6H2/t8-/m1/s1. The second-order valence-electron chi connectivity index (χ2n) is 4.32. The zero-order valence-electron chi connectivity index (χ0n) is 9.32. The van der Waals surface area contributed by atoms with Crippen LogP contribution >= 0.6 is 38.9 Å². The first kappa shape index (κ1) is 12.3. The van der Waals surface area contributed by atoms with Gasteiger partial charge < -0.3 is 0 Å². The second-order valence-corrected chi connectivity index (χ2v) is 7.03. The van der Waals surface area contributed by atoms with E-state index in [9.17, 15) is 4.79 Å². The van der Waals surface area contributed by atoms with E-state index in [0.717, 1.165) is 31.5 Å². The summed E-state index contributed by atoms with van der Waals surface area (Å²) in [5.41, 5.74) is 2.07. The summed E-state index contributed by atoms with van der Waals surface area (Å²) < 4.78 is 0.789. The molecule has 3 rings (SSSR count). The summed E-state index contributed by atoms with van der Waals surface area (Å²) in [5, 5.41) is 0.720. The van der Waals surface area contributed by atoms with Crippen LogP contribution in [0.5, 0.6) is 0 Å². The largest absolute Gasteiger partial charge is 0.293 e. The molecule has 2 aromatic rings. The molecule has 5 heteroatoms. The van der Waals surface area contributed by atoms with Gasteiger partial charge in [-0.15, -0.1) is 11.3 Å². The van der Waals surface area contributed by atoms with Crippen molar-refractivity contribution in [2.75, 3.05) is 0 Å². The number of carbonyl (C=O) groups excluding carboxylic acids is 1. The molecule has 0 aliphatic heterocycles. The Morgan fingerprint density at radius 1 is 1.28 bits per heavy atom. The topological polar surface area (TPSA) is 30.0 Å². The lowest BCUT2D eigenvalue weighted by Gasteiger charge is -2.20. The number of thiazole rings is 1. The average Bonchev–Trinajstić information content (AvgIpc) is 2.71. The van der Waals surface area contributed by atoms with E-state index in [1.165, 1.54) is 11.3 Å². The molecule has 1 aliphatic rings. The van der Waals surface area contributed by atoms with Crippen LogP contribution in [0.2, 0.25) is 5.02 Å². The van der Waals surface area contributed by atoms with Crippen molar-refractivity contribution in [3.05, 3.63) is 49.3 Å². The number of Topliss-reactive ketones (excluding diaryl/α,β-unsaturated/α-hetero) is 1. The van der Waals surface area contributed by atoms with Crippen molar-refractivity contribution in [1.82, 2.24) is 4.98 Å². The van der Waals surface area contributed by atoms with Gasteiger partial charge in [-0.1, -0.05) is 23.7 Å². The van der Waals surface area contributed by atoms with Crippen molar-refractivity contribution >= 4 is 44.7 Å². The van der Waals surface area contributed by atoms with Gasteiger partial charge in [0.05, 0.1) is 10.6 Å². The number of aromatic nitrogens is 1. The summed E-state index contributed by atoms with van der Waals surface area (Å²) in [6.07, 6.45) is 1.38. The molecule has 1 aliphatic carbocycles. The minimum Gasteiger partial charge on any atom is -0.293 e. The van der Waals surface area contributed by atoms with Gasteiger partial charge in [0, 0.05) is 11.4 Å². The SMILES string of the molecule is O=C1C[C@H](c2ccc(Cl)cc2)Cc2nc(Br)sc21. The fraction of sp³-hybridized carbons (Fsp3) is 0.231. The summed E-state index contributed by atoms with van der Waals surface area (Å²) in [6.45, 7) is 0. The van der Waals surface area contributed by atoms with Crippen LogP contribution in [-0.4, -0.2) is 10.8 Å². The van der Waals surface area contributed by atoms with Crippen LogP contribution in [0.3, 0.4) is 0 Å². The predicted molar refractivity (Wildman–Crippen MR) is 76.7 cm³/mol. The number of hydrogen-bond donors (Lipinski definition) is 0. The molecule has 0 fully saturated rings. The van der Waals surface area contributed by atoms with E-state index in [2.05, 4.69) is 20.9 Å². The van der Waals surface area contributed by atoms with Crippen molar-refractivity contribution in [1.29, 1.82) is 0 Å². The Kier molecular flexibility index (Phi) is 3.26. The van der Waals surface area contributed by atoms with E-state index in [4.69, 9.17) is 11.6 Å². The van der Waals surface area contributed by atoms with Crippen LogP contribution in [0.4, 0.5) is 0 Å². The van der Waals surface area contributed by atoms with Gasteiger partial charge >= 0.3 is 0 Å². The number of fused-ring (bicyclic) bond motifs is 1. The Hall–Kier alpha value is -0.710. The molecule has 0 saturated carbocycles. The maximum atomic E-state index is 12.1. The lowest BCUT2D eigenvalue weighted by Crippen LogP contribution is -2.17. The van der Waals surface area contributed by atoms with Gasteiger partial charge in [0.25, 0.3) is 0 Å². The van der Waals surface area contributed by atoms with Crippen LogP contribution in [0.25, 0.3) is 0 Å². The highest BCUT2D eigenvalue weighted by Crippen LogP contribution is 2.36. The minimum atomic E-state index is 0.194. The van der Waals surface area contributed by atoms with Crippen LogP contribution in [0, 0.1) is 0 Å². The van der Waals surface area contributed by atoms with E-state index < -0.39 is 0 Å². The highest BCUT2D eigenvalue weighted by atomic mass is 79.9. The van der Waals surface area contributed by atoms with E-state index >= 15 is 0 Å². The van der Waals surface area contributed by atoms with Crippen molar-refractivity contribution in [2.24, 2.45) is 0 Å². The maximum Gasteiger partial charge on any atom is 0.175 e. The fourth-order valence-electron chi connectivity index (χ4n) is 2.27. The first-order valence-corrected chi connectivity index (χ1v) is 7.56. The molecule has 0 unspecified atom stereocenters. The number of benzene rings is 1. The van der Waals surface area contributed by atoms with Crippen molar-refractivity contribution in [3.63, 3.8) is 0 Å². The molecule has 18 heavy (non-hydrogen) atoms. The number of rotatable bonds is 1. The summed E-state index contributed by atoms with van der Waals surface area (Å²) in [6, 6.07) is 7.72. The Morgan fingerprint density at radius 2 is 2.00 bits per heavy atom. The molecular weight excluding hydrogens is 334 g/mol. The lowest BCUT2D eigenvalue weighted by molar-refractivity contribution is 0.0968. The van der Waals surface area contributed by atoms with E-state index in [1.807, 2.05) is 24.3 Å². The van der Waals surface area contributed by atoms with Crippen LogP contribution in [-0.2, 0) is 6.42 Å². The van der Waals surface area contributed by atoms with Gasteiger partial charge in [-0.05, 0) is 46.0 Å². The zero-order valence-corrected chi connectivity index (χ0v) is 12.5. The predicted octanol–water partition coefficient (Wildman–Crippen LogP) is 4.47. The smallest absolute Gasteiger partial charge is 0.175 e. The summed E-state index contributed by atoms with van der Waals surface area (Å²) in [4.78, 5) is 17.3. The Morgan fingerprint density at radius 3 is 2.72 bits per heavy atom. The molecule has 0 saturated heterocycles. The quantitative estimate of drug-likeness (QED) is 0.765. The fourth-order valence-corrected chi connectivity index (χ4v) is 3.87. The molecule has 0 radical (unpaired) electrons. The minimum absolute atomic E-state index is 0.194. The first-order valence-electron chi connectivity index (χ1n) is 5.57. The van der Waals surface area contributed by atoms with Gasteiger partial charge in [0.2, 0.25) is 0 Å². The molecule has 0 N–H and O–H groups in total. The number of nitrogens with zero attached hydrogens (tertiary/aromatic N) is 1. The Labute approximate surface area is 122 Å². The number of hydrogen-bond acceptors (Lipinski definition) is 3. The maximum absolute atomic E-state index is 12.1. The molecular formula is C13H9BrClNOS. The molecule has 0 spiro atoms. The van der Waals surface area contributed by atoms with Gasteiger partial charge in [-0.3, -0.25) is 4.79 Å². The van der Waals surface area contributed by atoms with Crippen LogP contribution in [0.15, 0.2) is 28.2 Å². The summed E-state index contributed by atoms with van der Waals surface area (Å²) in [7, 11) is 0. The van der Waals surface area contributed by atoms with Crippen LogP contribution < -0.4 is 0 Å². The molecule has 1 heterocycles. The average molecular weight is 343 g/mol. The number of ketones is 1. The number of carbonyl (C=O) groups is 1.